The average molecular weight is 172 g/mol. The molecule has 68 valence electrons. The maximum absolute atomic E-state index is 10.9. The molecule has 0 aromatic heterocycles. The Morgan fingerprint density at radius 1 is 1.17 bits per heavy atom. The molecule has 0 rings (SSSR count). The maximum Gasteiger partial charge on any atom is 0.323 e. The number of hydrogen-bond acceptors (Lipinski definition) is 4. The molecule has 0 aromatic rings. The van der Waals surface area contributed by atoms with Gasteiger partial charge in [0.15, 0.2) is 5.92 Å². The molecule has 0 spiro atoms. The van der Waals surface area contributed by atoms with Crippen LogP contribution in [0.15, 0.2) is 12.2 Å². The minimum Gasteiger partial charge on any atom is -0.468 e. The van der Waals surface area contributed by atoms with Gasteiger partial charge in [-0.2, -0.15) is 0 Å². The number of esters is 2. The van der Waals surface area contributed by atoms with Crippen molar-refractivity contribution in [3.63, 3.8) is 0 Å². The number of hydrogen-bond donors (Lipinski definition) is 0. The predicted molar refractivity (Wildman–Crippen MR) is 42.3 cm³/mol. The lowest BCUT2D eigenvalue weighted by Gasteiger charge is -2.06. The van der Waals surface area contributed by atoms with Gasteiger partial charge in [-0.15, -0.1) is 0 Å². The first-order valence-corrected chi connectivity index (χ1v) is 3.45. The second-order valence-electron chi connectivity index (χ2n) is 2.05. The molecular formula is C8H12O4. The predicted octanol–water partition coefficient (Wildman–Crippen LogP) is 0.525. The van der Waals surface area contributed by atoms with Crippen LogP contribution in [0.2, 0.25) is 0 Å². The Morgan fingerprint density at radius 2 is 1.58 bits per heavy atom. The second kappa shape index (κ2) is 5.35. The van der Waals surface area contributed by atoms with Crippen LogP contribution in [0.3, 0.4) is 0 Å². The highest BCUT2D eigenvalue weighted by Gasteiger charge is 2.24. The Bertz CT molecular complexity index is 179. The van der Waals surface area contributed by atoms with E-state index in [1.807, 2.05) is 0 Å². The summed E-state index contributed by atoms with van der Waals surface area (Å²) in [5.41, 5.74) is 0. The zero-order chi connectivity index (χ0) is 9.56. The van der Waals surface area contributed by atoms with Gasteiger partial charge in [0.1, 0.15) is 0 Å². The van der Waals surface area contributed by atoms with Crippen LogP contribution in [-0.4, -0.2) is 26.2 Å². The van der Waals surface area contributed by atoms with Gasteiger partial charge in [0.25, 0.3) is 0 Å². The third-order valence-corrected chi connectivity index (χ3v) is 1.30. The van der Waals surface area contributed by atoms with Crippen molar-refractivity contribution in [2.45, 2.75) is 6.92 Å². The van der Waals surface area contributed by atoms with E-state index in [-0.39, 0.29) is 0 Å². The Hall–Kier alpha value is -1.32. The number of carbonyl (C=O) groups excluding carboxylic acids is 2. The molecule has 4 heteroatoms. The normalized spacial score (nSPS) is 10.3. The van der Waals surface area contributed by atoms with E-state index in [0.717, 1.165) is 0 Å². The van der Waals surface area contributed by atoms with E-state index in [2.05, 4.69) is 9.47 Å². The summed E-state index contributed by atoms with van der Waals surface area (Å²) in [5.74, 6) is -2.16. The Balaban J connectivity index is 4.43. The molecule has 0 fully saturated rings. The number of ether oxygens (including phenoxy) is 2. The molecule has 0 aliphatic carbocycles. The SMILES string of the molecule is C/C=C/C(C(=O)OC)C(=O)OC. The Morgan fingerprint density at radius 3 is 1.83 bits per heavy atom. The van der Waals surface area contributed by atoms with Crippen molar-refractivity contribution in [1.29, 1.82) is 0 Å². The van der Waals surface area contributed by atoms with Gasteiger partial charge >= 0.3 is 11.9 Å². The minimum atomic E-state index is -0.940. The lowest BCUT2D eigenvalue weighted by molar-refractivity contribution is -0.156. The number of allylic oxidation sites excluding steroid dienone is 1. The fraction of sp³-hybridized carbons (Fsp3) is 0.500. The zero-order valence-corrected chi connectivity index (χ0v) is 7.37. The lowest BCUT2D eigenvalue weighted by Crippen LogP contribution is -2.24. The average Bonchev–Trinajstić information content (AvgIpc) is 2.11. The van der Waals surface area contributed by atoms with Crippen molar-refractivity contribution in [2.75, 3.05) is 14.2 Å². The zero-order valence-electron chi connectivity index (χ0n) is 7.37. The summed E-state index contributed by atoms with van der Waals surface area (Å²) >= 11 is 0. The van der Waals surface area contributed by atoms with Crippen LogP contribution < -0.4 is 0 Å². The summed E-state index contributed by atoms with van der Waals surface area (Å²) in [5, 5.41) is 0. The standard InChI is InChI=1S/C8H12O4/c1-4-5-6(7(9)11-2)8(10)12-3/h4-6H,1-3H3/b5-4+. The van der Waals surface area contributed by atoms with Crippen molar-refractivity contribution in [3.8, 4) is 0 Å². The molecule has 0 heterocycles. The molecule has 0 N–H and O–H groups in total. The van der Waals surface area contributed by atoms with E-state index in [0.29, 0.717) is 0 Å². The monoisotopic (exact) mass is 172 g/mol. The first kappa shape index (κ1) is 10.7. The van der Waals surface area contributed by atoms with Crippen molar-refractivity contribution < 1.29 is 19.1 Å². The smallest absolute Gasteiger partial charge is 0.323 e. The molecule has 0 bridgehead atoms. The van der Waals surface area contributed by atoms with Gasteiger partial charge in [-0.25, -0.2) is 0 Å². The highest BCUT2D eigenvalue weighted by Crippen LogP contribution is 2.03. The molecule has 0 saturated carbocycles. The van der Waals surface area contributed by atoms with Gasteiger partial charge in [0.05, 0.1) is 14.2 Å². The maximum atomic E-state index is 10.9. The fourth-order valence-corrected chi connectivity index (χ4v) is 0.700. The van der Waals surface area contributed by atoms with E-state index in [9.17, 15) is 9.59 Å². The summed E-state index contributed by atoms with van der Waals surface area (Å²) in [6.07, 6.45) is 3.02. The van der Waals surface area contributed by atoms with E-state index in [1.54, 1.807) is 13.0 Å². The molecule has 0 aromatic carbocycles. The fourth-order valence-electron chi connectivity index (χ4n) is 0.700. The van der Waals surface area contributed by atoms with E-state index in [1.165, 1.54) is 20.3 Å². The lowest BCUT2D eigenvalue weighted by atomic mass is 10.1. The van der Waals surface area contributed by atoms with E-state index in [4.69, 9.17) is 0 Å². The van der Waals surface area contributed by atoms with Crippen LogP contribution in [0, 0.1) is 5.92 Å². The number of methoxy groups -OCH3 is 2. The van der Waals surface area contributed by atoms with E-state index < -0.39 is 17.9 Å². The van der Waals surface area contributed by atoms with Crippen LogP contribution in [0.25, 0.3) is 0 Å². The summed E-state index contributed by atoms with van der Waals surface area (Å²) in [6.45, 7) is 1.71. The van der Waals surface area contributed by atoms with Gasteiger partial charge in [0.2, 0.25) is 0 Å². The number of rotatable bonds is 3. The molecule has 0 aliphatic heterocycles. The topological polar surface area (TPSA) is 52.6 Å². The third kappa shape index (κ3) is 2.74. The van der Waals surface area contributed by atoms with Crippen LogP contribution in [-0.2, 0) is 19.1 Å². The van der Waals surface area contributed by atoms with Crippen LogP contribution in [0.1, 0.15) is 6.92 Å². The summed E-state index contributed by atoms with van der Waals surface area (Å²) in [6, 6.07) is 0. The van der Waals surface area contributed by atoms with Gasteiger partial charge in [-0.3, -0.25) is 9.59 Å². The molecule has 0 unspecified atom stereocenters. The van der Waals surface area contributed by atoms with Crippen molar-refractivity contribution >= 4 is 11.9 Å². The van der Waals surface area contributed by atoms with Gasteiger partial charge in [0, 0.05) is 0 Å². The highest BCUT2D eigenvalue weighted by molar-refractivity contribution is 5.96. The van der Waals surface area contributed by atoms with Crippen LogP contribution in [0.5, 0.6) is 0 Å². The van der Waals surface area contributed by atoms with Gasteiger partial charge in [-0.05, 0) is 6.92 Å². The van der Waals surface area contributed by atoms with Crippen LogP contribution >= 0.6 is 0 Å². The minimum absolute atomic E-state index is 0.611. The highest BCUT2D eigenvalue weighted by atomic mass is 16.5. The molecule has 0 radical (unpaired) electrons. The summed E-state index contributed by atoms with van der Waals surface area (Å²) in [4.78, 5) is 21.9. The van der Waals surface area contributed by atoms with E-state index >= 15 is 0 Å². The molecular weight excluding hydrogens is 160 g/mol. The van der Waals surface area contributed by atoms with Crippen molar-refractivity contribution in [1.82, 2.24) is 0 Å². The quantitative estimate of drug-likeness (QED) is 0.354. The Kier molecular flexibility index (Phi) is 4.76. The number of carbonyl (C=O) groups is 2. The molecule has 0 atom stereocenters. The first-order chi connectivity index (χ1) is 5.67. The molecule has 0 aliphatic rings. The first-order valence-electron chi connectivity index (χ1n) is 3.45. The van der Waals surface area contributed by atoms with Crippen molar-refractivity contribution in [3.05, 3.63) is 12.2 Å². The largest absolute Gasteiger partial charge is 0.468 e. The summed E-state index contributed by atoms with van der Waals surface area (Å²) < 4.78 is 8.79. The molecule has 0 amide bonds. The molecule has 12 heavy (non-hydrogen) atoms. The van der Waals surface area contributed by atoms with Gasteiger partial charge < -0.3 is 9.47 Å². The third-order valence-electron chi connectivity index (χ3n) is 1.30. The second-order valence-corrected chi connectivity index (χ2v) is 2.05. The van der Waals surface area contributed by atoms with Gasteiger partial charge in [-0.1, -0.05) is 12.2 Å². The Labute approximate surface area is 71.2 Å². The molecule has 4 nitrogen and oxygen atoms in total. The summed E-state index contributed by atoms with van der Waals surface area (Å²) in [7, 11) is 2.45. The van der Waals surface area contributed by atoms with Crippen LogP contribution in [0.4, 0.5) is 0 Å². The van der Waals surface area contributed by atoms with Crippen molar-refractivity contribution in [2.24, 2.45) is 5.92 Å². The molecule has 0 saturated heterocycles.